The molecule has 178 valence electrons. The number of methoxy groups -OCH3 is 1. The molecule has 0 aliphatic carbocycles. The molecule has 0 aromatic carbocycles. The summed E-state index contributed by atoms with van der Waals surface area (Å²) in [5.41, 5.74) is 10.7. The quantitative estimate of drug-likeness (QED) is 0.177. The molecule has 12 nitrogen and oxygen atoms in total. The van der Waals surface area contributed by atoms with E-state index in [-0.39, 0.29) is 5.92 Å². The molecular weight excluding hydrogens is 410 g/mol. The first kappa shape index (κ1) is 28.3. The minimum atomic E-state index is -1.41. The van der Waals surface area contributed by atoms with E-state index in [9.17, 15) is 29.1 Å². The van der Waals surface area contributed by atoms with Gasteiger partial charge in [0.05, 0.1) is 19.6 Å². The number of hydrogen-bond acceptors (Lipinski definition) is 8. The fourth-order valence-corrected chi connectivity index (χ4v) is 2.55. The minimum absolute atomic E-state index is 0.274. The van der Waals surface area contributed by atoms with E-state index in [1.165, 1.54) is 14.0 Å². The van der Waals surface area contributed by atoms with Gasteiger partial charge in [0.2, 0.25) is 23.6 Å². The lowest BCUT2D eigenvalue weighted by Gasteiger charge is -2.28. The van der Waals surface area contributed by atoms with Gasteiger partial charge in [-0.15, -0.1) is 0 Å². The molecule has 5 atom stereocenters. The molecule has 12 heteroatoms. The number of nitrogens with one attached hydrogen (secondary N) is 3. The van der Waals surface area contributed by atoms with E-state index in [1.54, 1.807) is 27.7 Å². The summed E-state index contributed by atoms with van der Waals surface area (Å²) in [6.45, 7) is 8.05. The lowest BCUT2D eigenvalue weighted by molar-refractivity contribution is -0.147. The van der Waals surface area contributed by atoms with Crippen molar-refractivity contribution in [2.24, 2.45) is 23.3 Å². The van der Waals surface area contributed by atoms with Crippen LogP contribution in [0.1, 0.15) is 41.0 Å². The Balaban J connectivity index is 5.50. The first-order chi connectivity index (χ1) is 14.2. The van der Waals surface area contributed by atoms with E-state index >= 15 is 0 Å². The first-order valence-electron chi connectivity index (χ1n) is 9.93. The maximum atomic E-state index is 12.8. The summed E-state index contributed by atoms with van der Waals surface area (Å²) in [5, 5.41) is 16.7. The number of aliphatic hydroxyl groups is 1. The summed E-state index contributed by atoms with van der Waals surface area (Å²) in [4.78, 5) is 60.9. The van der Waals surface area contributed by atoms with Crippen LogP contribution in [0.2, 0.25) is 0 Å². The van der Waals surface area contributed by atoms with Gasteiger partial charge in [-0.3, -0.25) is 19.2 Å². The van der Waals surface area contributed by atoms with Crippen molar-refractivity contribution < 1.29 is 33.8 Å². The van der Waals surface area contributed by atoms with Gasteiger partial charge in [0.25, 0.3) is 0 Å². The number of aliphatic hydroxyl groups excluding tert-OH is 1. The zero-order valence-electron chi connectivity index (χ0n) is 18.8. The number of rotatable bonds is 12. The van der Waals surface area contributed by atoms with Crippen LogP contribution in [0.15, 0.2) is 0 Å². The molecule has 8 N–H and O–H groups in total. The van der Waals surface area contributed by atoms with Crippen LogP contribution >= 0.6 is 0 Å². The molecule has 0 rings (SSSR count). The van der Waals surface area contributed by atoms with Crippen LogP contribution in [0.5, 0.6) is 0 Å². The molecular formula is C19H35N5O7. The Kier molecular flexibility index (Phi) is 11.7. The molecule has 0 saturated carbocycles. The maximum absolute atomic E-state index is 12.8. The number of esters is 1. The number of amides is 4. The Hall–Kier alpha value is -2.73. The van der Waals surface area contributed by atoms with Gasteiger partial charge in [0.1, 0.15) is 24.2 Å². The van der Waals surface area contributed by atoms with Gasteiger partial charge >= 0.3 is 5.97 Å². The minimum Gasteiger partial charge on any atom is -0.467 e. The Bertz CT molecular complexity index is 666. The number of carbonyl (C=O) groups excluding carboxylic acids is 5. The summed E-state index contributed by atoms with van der Waals surface area (Å²) in [6, 6.07) is -4.76. The third-order valence-corrected chi connectivity index (χ3v) is 4.53. The van der Waals surface area contributed by atoms with Gasteiger partial charge in [-0.05, 0) is 18.8 Å². The Morgan fingerprint density at radius 3 is 1.71 bits per heavy atom. The predicted octanol–water partition coefficient (Wildman–Crippen LogP) is -2.49. The van der Waals surface area contributed by atoms with Crippen LogP contribution in [0.25, 0.3) is 0 Å². The Morgan fingerprint density at radius 1 is 0.839 bits per heavy atom. The van der Waals surface area contributed by atoms with Crippen LogP contribution in [-0.2, 0) is 28.7 Å². The SMILES string of the molecule is COC(=O)C(NC(=O)C(NC(=O)C(CC(N)=O)NC(=O)C(N)C(C)O)C(C)C)C(C)C. The highest BCUT2D eigenvalue weighted by Crippen LogP contribution is 2.08. The fraction of sp³-hybridized carbons (Fsp3) is 0.737. The van der Waals surface area contributed by atoms with E-state index in [0.717, 1.165) is 0 Å². The topological polar surface area (TPSA) is 203 Å². The molecule has 0 aliphatic heterocycles. The molecule has 0 fully saturated rings. The Morgan fingerprint density at radius 2 is 1.32 bits per heavy atom. The van der Waals surface area contributed by atoms with E-state index < -0.39 is 72.2 Å². The fourth-order valence-electron chi connectivity index (χ4n) is 2.55. The number of ether oxygens (including phenoxy) is 1. The van der Waals surface area contributed by atoms with Gasteiger partial charge < -0.3 is 37.3 Å². The van der Waals surface area contributed by atoms with Gasteiger partial charge in [0, 0.05) is 0 Å². The molecule has 5 unspecified atom stereocenters. The average molecular weight is 446 g/mol. The lowest BCUT2D eigenvalue weighted by Crippen LogP contribution is -2.60. The normalized spacial score (nSPS) is 15.9. The third kappa shape index (κ3) is 9.30. The highest BCUT2D eigenvalue weighted by atomic mass is 16.5. The summed E-state index contributed by atoms with van der Waals surface area (Å²) in [6.07, 6.45) is -1.74. The van der Waals surface area contributed by atoms with E-state index in [2.05, 4.69) is 16.0 Å². The van der Waals surface area contributed by atoms with Gasteiger partial charge in [0.15, 0.2) is 0 Å². The second-order valence-corrected chi connectivity index (χ2v) is 7.98. The van der Waals surface area contributed by atoms with Crippen molar-refractivity contribution in [1.29, 1.82) is 0 Å². The molecule has 0 aromatic heterocycles. The zero-order valence-corrected chi connectivity index (χ0v) is 18.8. The van der Waals surface area contributed by atoms with Crippen molar-refractivity contribution in [3.05, 3.63) is 0 Å². The van der Waals surface area contributed by atoms with Gasteiger partial charge in [-0.25, -0.2) is 4.79 Å². The predicted molar refractivity (Wildman–Crippen MR) is 111 cm³/mol. The first-order valence-corrected chi connectivity index (χ1v) is 9.93. The maximum Gasteiger partial charge on any atom is 0.328 e. The number of carbonyl (C=O) groups is 5. The zero-order chi connectivity index (χ0) is 24.5. The van der Waals surface area contributed by atoms with Crippen LogP contribution in [0, 0.1) is 11.8 Å². The monoisotopic (exact) mass is 445 g/mol. The largest absolute Gasteiger partial charge is 0.467 e. The van der Waals surface area contributed by atoms with Crippen molar-refractivity contribution in [1.82, 2.24) is 16.0 Å². The molecule has 0 saturated heterocycles. The summed E-state index contributed by atoms with van der Waals surface area (Å²) in [7, 11) is 1.20. The van der Waals surface area contributed by atoms with Gasteiger partial charge in [-0.2, -0.15) is 0 Å². The standard InChI is InChI=1S/C19H35N5O7/c1-8(2)14(18(29)24-15(9(3)4)19(30)31-6)23-16(27)11(7-12(20)26)22-17(28)13(21)10(5)25/h8-11,13-15,25H,7,21H2,1-6H3,(H2,20,26)(H,22,28)(H,23,27)(H,24,29). The van der Waals surface area contributed by atoms with E-state index in [4.69, 9.17) is 16.2 Å². The van der Waals surface area contributed by atoms with Crippen LogP contribution in [-0.4, -0.2) is 72.1 Å². The molecule has 0 bridgehead atoms. The van der Waals surface area contributed by atoms with Crippen molar-refractivity contribution in [3.8, 4) is 0 Å². The molecule has 4 amide bonds. The Labute approximate surface area is 181 Å². The van der Waals surface area contributed by atoms with Crippen LogP contribution < -0.4 is 27.4 Å². The van der Waals surface area contributed by atoms with Crippen molar-refractivity contribution >= 4 is 29.6 Å². The van der Waals surface area contributed by atoms with E-state index in [0.29, 0.717) is 0 Å². The molecule has 0 aromatic rings. The van der Waals surface area contributed by atoms with Crippen molar-refractivity contribution in [2.45, 2.75) is 71.3 Å². The lowest BCUT2D eigenvalue weighted by atomic mass is 9.99. The second-order valence-electron chi connectivity index (χ2n) is 7.98. The molecule has 0 aliphatic rings. The molecule has 0 radical (unpaired) electrons. The molecule has 0 heterocycles. The van der Waals surface area contributed by atoms with Crippen LogP contribution in [0.4, 0.5) is 0 Å². The summed E-state index contributed by atoms with van der Waals surface area (Å²) >= 11 is 0. The van der Waals surface area contributed by atoms with Crippen molar-refractivity contribution in [2.75, 3.05) is 7.11 Å². The number of hydrogen-bond donors (Lipinski definition) is 6. The molecule has 0 spiro atoms. The second kappa shape index (κ2) is 12.8. The highest BCUT2D eigenvalue weighted by molar-refractivity contribution is 5.96. The van der Waals surface area contributed by atoms with Crippen molar-refractivity contribution in [3.63, 3.8) is 0 Å². The molecule has 31 heavy (non-hydrogen) atoms. The number of primary amides is 1. The van der Waals surface area contributed by atoms with Gasteiger partial charge in [-0.1, -0.05) is 27.7 Å². The third-order valence-electron chi connectivity index (χ3n) is 4.53. The smallest absolute Gasteiger partial charge is 0.328 e. The van der Waals surface area contributed by atoms with E-state index in [1.807, 2.05) is 0 Å². The highest BCUT2D eigenvalue weighted by Gasteiger charge is 2.34. The summed E-state index contributed by atoms with van der Waals surface area (Å²) in [5.74, 6) is -4.55. The average Bonchev–Trinajstić information content (AvgIpc) is 2.66. The summed E-state index contributed by atoms with van der Waals surface area (Å²) < 4.78 is 4.69. The van der Waals surface area contributed by atoms with Crippen LogP contribution in [0.3, 0.4) is 0 Å². The number of nitrogens with two attached hydrogens (primary N) is 2.